The highest BCUT2D eigenvalue weighted by atomic mass is 35.5. The number of nitrogens with one attached hydrogen (secondary N) is 3. The Kier molecular flexibility index (Phi) is 29.2. The molecular formula is C68H111ClF3N11O11. The van der Waals surface area contributed by atoms with Crippen LogP contribution in [-0.2, 0) is 52.7 Å². The molecule has 3 aliphatic carbocycles. The second-order valence-corrected chi connectivity index (χ2v) is 29.7. The van der Waals surface area contributed by atoms with Gasteiger partial charge in [-0.25, -0.2) is 0 Å². The molecule has 0 aromatic carbocycles. The fourth-order valence-corrected chi connectivity index (χ4v) is 15.3. The molecular weight excluding hydrogens is 1240 g/mol. The molecule has 0 spiro atoms. The quantitative estimate of drug-likeness (QED) is 0.189. The zero-order chi connectivity index (χ0) is 69.5. The number of halogens is 4. The highest BCUT2D eigenvalue weighted by molar-refractivity contribution is 6.20. The summed E-state index contributed by atoms with van der Waals surface area (Å²) in [5.74, 6) is -8.30. The van der Waals surface area contributed by atoms with Gasteiger partial charge in [-0.15, -0.1) is 11.6 Å². The molecule has 3 saturated carbocycles. The molecule has 6 aliphatic rings. The number of nitrogens with zero attached hydrogens (tertiary/aromatic N) is 8. The Morgan fingerprint density at radius 2 is 1.05 bits per heavy atom. The topological polar surface area (TPSA) is 250 Å². The number of hydrogen-bond acceptors (Lipinski definition) is 11. The molecule has 0 aromatic rings. The average Bonchev–Trinajstić information content (AvgIpc) is 1.41. The fourth-order valence-electron chi connectivity index (χ4n) is 15.1. The van der Waals surface area contributed by atoms with Gasteiger partial charge in [0.05, 0.1) is 25.6 Å². The van der Waals surface area contributed by atoms with Crippen molar-refractivity contribution >= 4 is 76.6 Å². The minimum Gasteiger partial charge on any atom is -0.351 e. The van der Waals surface area contributed by atoms with Crippen LogP contribution in [0.4, 0.5) is 13.2 Å². The first-order valence-electron chi connectivity index (χ1n) is 35.0. The monoisotopic (exact) mass is 1350 g/mol. The van der Waals surface area contributed by atoms with E-state index < -0.39 is 151 Å². The van der Waals surface area contributed by atoms with E-state index in [0.29, 0.717) is 57.8 Å². The molecule has 26 heteroatoms. The summed E-state index contributed by atoms with van der Waals surface area (Å²) in [7, 11) is 8.75. The Bertz CT molecular complexity index is 2630. The van der Waals surface area contributed by atoms with Crippen molar-refractivity contribution in [3.63, 3.8) is 0 Å². The summed E-state index contributed by atoms with van der Waals surface area (Å²) in [5, 5.41) is 8.70. The van der Waals surface area contributed by atoms with Gasteiger partial charge in [0, 0.05) is 73.2 Å². The largest absolute Gasteiger partial charge is 0.391 e. The predicted octanol–water partition coefficient (Wildman–Crippen LogP) is 6.49. The van der Waals surface area contributed by atoms with Gasteiger partial charge < -0.3 is 55.1 Å². The lowest BCUT2D eigenvalue weighted by Gasteiger charge is -2.39. The van der Waals surface area contributed by atoms with Crippen LogP contribution < -0.4 is 16.0 Å². The summed E-state index contributed by atoms with van der Waals surface area (Å²) in [4.78, 5) is 172. The van der Waals surface area contributed by atoms with Gasteiger partial charge >= 0.3 is 6.18 Å². The molecule has 3 heterocycles. The van der Waals surface area contributed by atoms with Crippen LogP contribution in [0.2, 0.25) is 0 Å². The Morgan fingerprint density at radius 3 is 1.67 bits per heavy atom. The summed E-state index contributed by atoms with van der Waals surface area (Å²) >= 11 is 6.50. The van der Waals surface area contributed by atoms with Crippen molar-refractivity contribution in [2.24, 2.45) is 35.5 Å². The van der Waals surface area contributed by atoms with E-state index in [1.165, 1.54) is 62.5 Å². The first kappa shape index (κ1) is 77.3. The van der Waals surface area contributed by atoms with Crippen molar-refractivity contribution in [3.05, 3.63) is 0 Å². The second-order valence-electron chi connectivity index (χ2n) is 29.0. The van der Waals surface area contributed by atoms with Crippen LogP contribution in [0.15, 0.2) is 0 Å². The van der Waals surface area contributed by atoms with Crippen LogP contribution in [0.1, 0.15) is 195 Å². The number of rotatable bonds is 11. The molecule has 3 aliphatic heterocycles. The molecule has 3 saturated heterocycles. The van der Waals surface area contributed by atoms with E-state index in [4.69, 9.17) is 11.6 Å². The molecule has 532 valence electrons. The van der Waals surface area contributed by atoms with E-state index in [9.17, 15) is 51.5 Å². The molecule has 11 amide bonds. The van der Waals surface area contributed by atoms with Gasteiger partial charge in [-0.1, -0.05) is 66.2 Å². The summed E-state index contributed by atoms with van der Waals surface area (Å²) < 4.78 is 41.5. The molecule has 0 radical (unpaired) electrons. The highest BCUT2D eigenvalue weighted by Gasteiger charge is 2.46. The van der Waals surface area contributed by atoms with Crippen molar-refractivity contribution in [2.75, 3.05) is 75.0 Å². The van der Waals surface area contributed by atoms with E-state index in [1.807, 2.05) is 20.8 Å². The van der Waals surface area contributed by atoms with Crippen LogP contribution in [0.5, 0.6) is 0 Å². The van der Waals surface area contributed by atoms with E-state index in [-0.39, 0.29) is 113 Å². The van der Waals surface area contributed by atoms with E-state index in [1.54, 1.807) is 27.9 Å². The van der Waals surface area contributed by atoms with E-state index in [2.05, 4.69) is 16.0 Å². The maximum atomic E-state index is 15.3. The first-order chi connectivity index (χ1) is 44.3. The zero-order valence-corrected chi connectivity index (χ0v) is 58.7. The summed E-state index contributed by atoms with van der Waals surface area (Å²) in [6.07, 6.45) is 6.75. The third-order valence-electron chi connectivity index (χ3n) is 21.4. The van der Waals surface area contributed by atoms with Gasteiger partial charge in [0.1, 0.15) is 42.3 Å². The number of carbonyl (C=O) groups excluding carboxylic acids is 11. The number of hydrogen-bond donors (Lipinski definition) is 3. The van der Waals surface area contributed by atoms with Gasteiger partial charge in [-0.05, 0) is 152 Å². The van der Waals surface area contributed by atoms with Crippen molar-refractivity contribution < 1.29 is 65.9 Å². The molecule has 6 rings (SSSR count). The molecule has 0 unspecified atom stereocenters. The van der Waals surface area contributed by atoms with Gasteiger partial charge in [0.25, 0.3) is 0 Å². The minimum absolute atomic E-state index is 0.0174. The van der Waals surface area contributed by atoms with Gasteiger partial charge in [-0.3, -0.25) is 52.7 Å². The van der Waals surface area contributed by atoms with Crippen LogP contribution in [0, 0.1) is 35.5 Å². The summed E-state index contributed by atoms with van der Waals surface area (Å²) in [6.45, 7) is 7.99. The van der Waals surface area contributed by atoms with E-state index >= 15 is 14.4 Å². The molecule has 3 N–H and O–H groups in total. The van der Waals surface area contributed by atoms with Crippen molar-refractivity contribution in [3.8, 4) is 0 Å². The van der Waals surface area contributed by atoms with Crippen molar-refractivity contribution in [1.29, 1.82) is 0 Å². The standard InChI is InChI=1S/C68H111ClF3N11O11/c1-12-43(4)60-67(94)78(8)40-58(86)76(6)41-59(87)79(9)54(38-47-25-30-49(69)31-26-47)64(91)77(7)39-56(84)74-50(32-27-45-23-28-48(29-24-45)68(70,71)72)63(90)83-34-18-22-52(83)65(92)81(11)55(37-46-19-14-13-15-20-46)66(93)80(10)53(35-42(2)3)62(89)73-44(5)36-57(85)82-33-17-16-21-51(82)61(88)75-60/h42-55,60H,12-41H2,1-11H3,(H,73,89)(H,74,84)(H,75,88)/t43-,44+,45?,47?,48?,49?,50-,51-,52-,53-,54-,55-,60-/m0/s1. The van der Waals surface area contributed by atoms with E-state index in [0.717, 1.165) is 37.0 Å². The maximum Gasteiger partial charge on any atom is 0.391 e. The number of likely N-dealkylation sites (N-methyl/N-ethyl adjacent to an activating group) is 6. The summed E-state index contributed by atoms with van der Waals surface area (Å²) in [5.41, 5.74) is 0. The fraction of sp³-hybridized carbons (Fsp3) is 0.838. The number of fused-ring (bicyclic) bond motifs is 2. The molecule has 0 bridgehead atoms. The molecule has 22 nitrogen and oxygen atoms in total. The normalized spacial score (nSPS) is 31.1. The average molecular weight is 1350 g/mol. The number of piperidine rings is 1. The van der Waals surface area contributed by atoms with Crippen LogP contribution >= 0.6 is 11.6 Å². The lowest BCUT2D eigenvalue weighted by molar-refractivity contribution is -0.184. The van der Waals surface area contributed by atoms with Crippen LogP contribution in [-0.4, -0.2) is 239 Å². The Hall–Kier alpha value is -5.75. The lowest BCUT2D eigenvalue weighted by Crippen LogP contribution is -2.60. The number of alkyl halides is 4. The lowest BCUT2D eigenvalue weighted by atomic mass is 9.79. The number of amides is 11. The van der Waals surface area contributed by atoms with Crippen molar-refractivity contribution in [1.82, 2.24) is 55.1 Å². The Labute approximate surface area is 560 Å². The zero-order valence-electron chi connectivity index (χ0n) is 58.0. The smallest absolute Gasteiger partial charge is 0.351 e. The Balaban J connectivity index is 1.36. The van der Waals surface area contributed by atoms with Gasteiger partial charge in [0.2, 0.25) is 65.0 Å². The molecule has 6 fully saturated rings. The minimum atomic E-state index is -4.34. The third kappa shape index (κ3) is 21.1. The molecule has 9 atom stereocenters. The molecule has 94 heavy (non-hydrogen) atoms. The predicted molar refractivity (Wildman–Crippen MR) is 350 cm³/mol. The number of carbonyl (C=O) groups is 11. The van der Waals surface area contributed by atoms with Gasteiger partial charge in [-0.2, -0.15) is 13.2 Å². The van der Waals surface area contributed by atoms with Crippen molar-refractivity contribution in [2.45, 2.75) is 255 Å². The first-order valence-corrected chi connectivity index (χ1v) is 35.5. The van der Waals surface area contributed by atoms with Gasteiger partial charge in [0.15, 0.2) is 0 Å². The highest BCUT2D eigenvalue weighted by Crippen LogP contribution is 2.41. The molecule has 0 aromatic heterocycles. The van der Waals surface area contributed by atoms with Crippen LogP contribution in [0.25, 0.3) is 0 Å². The SMILES string of the molecule is CC[C@H](C)[C@@H]1NC(=O)[C@@H]2CCCCN2C(=O)C[C@@H](C)NC(=O)[C@H](CC(C)C)N(C)C(=O)[C@H](CC2CCCCC2)N(C)C(=O)[C@@H]2CCCN2C(=O)[C@H](CCC2CCC(C(F)(F)F)CC2)NC(=O)CN(C)C(=O)[C@H](CC2CCC(Cl)CC2)N(C)C(=O)CN(C)C(=O)CN(C)C1=O. The Morgan fingerprint density at radius 1 is 0.500 bits per heavy atom. The second kappa shape index (κ2) is 35.5. The third-order valence-corrected chi connectivity index (χ3v) is 21.8. The maximum absolute atomic E-state index is 15.3. The summed E-state index contributed by atoms with van der Waals surface area (Å²) in [6, 6.07) is -8.39. The van der Waals surface area contributed by atoms with Crippen LogP contribution in [0.3, 0.4) is 0 Å².